The summed E-state index contributed by atoms with van der Waals surface area (Å²) in [6.45, 7) is 5.71. The van der Waals surface area contributed by atoms with Crippen molar-refractivity contribution in [3.63, 3.8) is 0 Å². The van der Waals surface area contributed by atoms with Gasteiger partial charge in [-0.25, -0.2) is 4.79 Å². The lowest BCUT2D eigenvalue weighted by atomic mass is 9.97. The van der Waals surface area contributed by atoms with Gasteiger partial charge in [0.25, 0.3) is 0 Å². The lowest BCUT2D eigenvalue weighted by Gasteiger charge is -2.21. The molecule has 0 saturated heterocycles. The Morgan fingerprint density at radius 3 is 2.22 bits per heavy atom. The molecule has 0 radical (unpaired) electrons. The van der Waals surface area contributed by atoms with E-state index in [4.69, 9.17) is 18.9 Å². The molecular weight excluding hydrogens is 416 g/mol. The van der Waals surface area contributed by atoms with Crippen molar-refractivity contribution in [1.82, 2.24) is 0 Å². The van der Waals surface area contributed by atoms with E-state index in [0.29, 0.717) is 24.8 Å². The maximum absolute atomic E-state index is 13.0. The van der Waals surface area contributed by atoms with Crippen molar-refractivity contribution in [3.05, 3.63) is 23.3 Å². The van der Waals surface area contributed by atoms with E-state index in [2.05, 4.69) is 0 Å². The average molecular weight is 449 g/mol. The summed E-state index contributed by atoms with van der Waals surface area (Å²) < 4.78 is 21.5. The Bertz CT molecular complexity index is 845. The van der Waals surface area contributed by atoms with Crippen LogP contribution in [0.25, 0.3) is 0 Å². The third-order valence-electron chi connectivity index (χ3n) is 5.13. The minimum absolute atomic E-state index is 0.0190. The van der Waals surface area contributed by atoms with Crippen molar-refractivity contribution in [2.24, 2.45) is 0 Å². The Labute approximate surface area is 188 Å². The monoisotopic (exact) mass is 448 g/mol. The Morgan fingerprint density at radius 1 is 0.875 bits per heavy atom. The van der Waals surface area contributed by atoms with Gasteiger partial charge in [-0.15, -0.1) is 0 Å². The van der Waals surface area contributed by atoms with Crippen LogP contribution in [0.5, 0.6) is 11.5 Å². The number of carbonyl (C=O) groups is 4. The molecule has 0 fully saturated rings. The number of rotatable bonds is 3. The summed E-state index contributed by atoms with van der Waals surface area (Å²) in [4.78, 5) is 47.5. The fourth-order valence-electron chi connectivity index (χ4n) is 3.83. The molecule has 0 aliphatic carbocycles. The fourth-order valence-corrected chi connectivity index (χ4v) is 3.83. The zero-order valence-corrected chi connectivity index (χ0v) is 19.2. The first kappa shape index (κ1) is 25.4. The molecule has 1 heterocycles. The Morgan fingerprint density at radius 2 is 1.56 bits per heavy atom. The van der Waals surface area contributed by atoms with E-state index >= 15 is 0 Å². The summed E-state index contributed by atoms with van der Waals surface area (Å²) in [6.07, 6.45) is 5.26. The molecule has 0 aromatic heterocycles. The normalized spacial score (nSPS) is 20.2. The zero-order valence-electron chi connectivity index (χ0n) is 19.2. The van der Waals surface area contributed by atoms with Crippen molar-refractivity contribution in [2.45, 2.75) is 91.3 Å². The maximum Gasteiger partial charge on any atom is 0.342 e. The van der Waals surface area contributed by atoms with Crippen LogP contribution < -0.4 is 9.47 Å². The van der Waals surface area contributed by atoms with Crippen molar-refractivity contribution in [2.75, 3.05) is 0 Å². The first-order chi connectivity index (χ1) is 15.2. The van der Waals surface area contributed by atoms with Crippen LogP contribution in [-0.2, 0) is 30.3 Å². The van der Waals surface area contributed by atoms with Gasteiger partial charge in [0, 0.05) is 26.8 Å². The average Bonchev–Trinajstić information content (AvgIpc) is 2.65. The van der Waals surface area contributed by atoms with Gasteiger partial charge in [-0.05, 0) is 63.5 Å². The highest BCUT2D eigenvalue weighted by molar-refractivity contribution is 5.95. The van der Waals surface area contributed by atoms with Crippen LogP contribution in [0.1, 0.15) is 88.6 Å². The topological polar surface area (TPSA) is 105 Å². The fraction of sp³-hybridized carbons (Fsp3) is 0.583. The summed E-state index contributed by atoms with van der Waals surface area (Å²) in [5.41, 5.74) is 0.767. The van der Waals surface area contributed by atoms with Gasteiger partial charge in [-0.1, -0.05) is 6.42 Å². The summed E-state index contributed by atoms with van der Waals surface area (Å²) in [7, 11) is 0. The van der Waals surface area contributed by atoms with Crippen LogP contribution in [0.3, 0.4) is 0 Å². The minimum Gasteiger partial charge on any atom is -0.463 e. The molecule has 1 aromatic rings. The highest BCUT2D eigenvalue weighted by Gasteiger charge is 2.25. The molecule has 0 N–H and O–H groups in total. The van der Waals surface area contributed by atoms with Gasteiger partial charge in [0.1, 0.15) is 23.2 Å². The maximum atomic E-state index is 13.0. The van der Waals surface area contributed by atoms with Crippen LogP contribution >= 0.6 is 0 Å². The Balaban J connectivity index is 2.35. The van der Waals surface area contributed by atoms with Crippen molar-refractivity contribution in [1.29, 1.82) is 0 Å². The molecule has 1 unspecified atom stereocenters. The van der Waals surface area contributed by atoms with Gasteiger partial charge in [0.05, 0.1) is 6.10 Å². The van der Waals surface area contributed by atoms with Gasteiger partial charge in [0.2, 0.25) is 0 Å². The minimum atomic E-state index is -0.594. The number of ether oxygens (including phenoxy) is 4. The number of aryl methyl sites for hydroxylation is 1. The second-order valence-corrected chi connectivity index (χ2v) is 8.12. The molecule has 2 atom stereocenters. The van der Waals surface area contributed by atoms with Crippen molar-refractivity contribution >= 4 is 23.9 Å². The van der Waals surface area contributed by atoms with Crippen LogP contribution in [0.4, 0.5) is 0 Å². The molecule has 0 saturated carbocycles. The van der Waals surface area contributed by atoms with Gasteiger partial charge >= 0.3 is 23.9 Å². The Kier molecular flexibility index (Phi) is 9.68. The highest BCUT2D eigenvalue weighted by atomic mass is 16.6. The number of esters is 4. The molecule has 1 aliphatic rings. The molecule has 0 spiro atoms. The van der Waals surface area contributed by atoms with Gasteiger partial charge in [-0.2, -0.15) is 0 Å². The smallest absolute Gasteiger partial charge is 0.342 e. The van der Waals surface area contributed by atoms with Gasteiger partial charge < -0.3 is 18.9 Å². The SMILES string of the molecule is CC(=O)Oc1cc2c(c(OC(C)=O)c1)C(=O)O[C@H](C)CCCC(OC(C)=O)CCCCC2. The molecule has 32 heavy (non-hydrogen) atoms. The molecule has 8 heteroatoms. The number of hydrogen-bond donors (Lipinski definition) is 0. The molecule has 0 amide bonds. The van der Waals surface area contributed by atoms with E-state index in [9.17, 15) is 19.2 Å². The molecule has 0 bridgehead atoms. The van der Waals surface area contributed by atoms with E-state index in [1.807, 2.05) is 0 Å². The number of benzene rings is 1. The largest absolute Gasteiger partial charge is 0.463 e. The lowest BCUT2D eigenvalue weighted by Crippen LogP contribution is -2.21. The first-order valence-corrected chi connectivity index (χ1v) is 11.1. The number of cyclic esters (lactones) is 1. The van der Waals surface area contributed by atoms with Crippen molar-refractivity contribution < 1.29 is 38.1 Å². The van der Waals surface area contributed by atoms with Crippen LogP contribution in [-0.4, -0.2) is 36.1 Å². The molecule has 176 valence electrons. The number of hydrogen-bond acceptors (Lipinski definition) is 8. The van der Waals surface area contributed by atoms with Crippen molar-refractivity contribution in [3.8, 4) is 11.5 Å². The highest BCUT2D eigenvalue weighted by Crippen LogP contribution is 2.32. The zero-order chi connectivity index (χ0) is 23.7. The molecule has 2 rings (SSSR count). The van der Waals surface area contributed by atoms with E-state index in [1.165, 1.54) is 26.8 Å². The number of fused-ring (bicyclic) bond motifs is 1. The predicted molar refractivity (Wildman–Crippen MR) is 116 cm³/mol. The lowest BCUT2D eigenvalue weighted by molar-refractivity contribution is -0.147. The van der Waals surface area contributed by atoms with Gasteiger partial charge in [-0.3, -0.25) is 14.4 Å². The summed E-state index contributed by atoms with van der Waals surface area (Å²) in [5.74, 6) is -1.78. The second kappa shape index (κ2) is 12.2. The molecule has 1 aromatic carbocycles. The van der Waals surface area contributed by atoms with E-state index in [-0.39, 0.29) is 35.2 Å². The first-order valence-electron chi connectivity index (χ1n) is 11.1. The quantitative estimate of drug-likeness (QED) is 0.498. The third kappa shape index (κ3) is 8.32. The Hall–Kier alpha value is -2.90. The standard InChI is InChI=1S/C24H32O8/c1-15-9-8-12-20(30-16(2)25)11-7-5-6-10-19-13-21(31-17(3)26)14-22(32-18(4)27)23(19)24(28)29-15/h13-15,20H,5-12H2,1-4H3/t15-,20?/m1/s1. The summed E-state index contributed by atoms with van der Waals surface area (Å²) in [6, 6.07) is 2.98. The summed E-state index contributed by atoms with van der Waals surface area (Å²) >= 11 is 0. The molecule has 8 nitrogen and oxygen atoms in total. The third-order valence-corrected chi connectivity index (χ3v) is 5.13. The van der Waals surface area contributed by atoms with Crippen LogP contribution in [0, 0.1) is 0 Å². The van der Waals surface area contributed by atoms with E-state index in [0.717, 1.165) is 32.1 Å². The molecular formula is C24H32O8. The number of carbonyl (C=O) groups excluding carboxylic acids is 4. The summed E-state index contributed by atoms with van der Waals surface area (Å²) in [5, 5.41) is 0. The van der Waals surface area contributed by atoms with E-state index < -0.39 is 17.9 Å². The van der Waals surface area contributed by atoms with Crippen LogP contribution in [0.2, 0.25) is 0 Å². The second-order valence-electron chi connectivity index (χ2n) is 8.12. The van der Waals surface area contributed by atoms with Crippen LogP contribution in [0.15, 0.2) is 12.1 Å². The van der Waals surface area contributed by atoms with E-state index in [1.54, 1.807) is 13.0 Å². The molecule has 1 aliphatic heterocycles. The predicted octanol–water partition coefficient (Wildman–Crippen LogP) is 4.30. The van der Waals surface area contributed by atoms with Gasteiger partial charge in [0.15, 0.2) is 0 Å².